The lowest BCUT2D eigenvalue weighted by atomic mass is 10.1. The van der Waals surface area contributed by atoms with Crippen molar-refractivity contribution in [3.05, 3.63) is 35.4 Å². The fourth-order valence-electron chi connectivity index (χ4n) is 3.45. The van der Waals surface area contributed by atoms with Crippen LogP contribution in [0.15, 0.2) is 24.3 Å². The zero-order chi connectivity index (χ0) is 18.4. The van der Waals surface area contributed by atoms with Crippen molar-refractivity contribution in [2.75, 3.05) is 32.8 Å². The summed E-state index contributed by atoms with van der Waals surface area (Å²) in [5.41, 5.74) is 2.33. The second kappa shape index (κ2) is 9.03. The first-order chi connectivity index (χ1) is 12.6. The van der Waals surface area contributed by atoms with E-state index in [-0.39, 0.29) is 24.6 Å². The van der Waals surface area contributed by atoms with E-state index in [9.17, 15) is 9.59 Å². The number of amides is 3. The quantitative estimate of drug-likeness (QED) is 0.878. The summed E-state index contributed by atoms with van der Waals surface area (Å²) in [6.07, 6.45) is 4.52. The third-order valence-corrected chi connectivity index (χ3v) is 5.12. The first-order valence-corrected chi connectivity index (χ1v) is 9.59. The lowest BCUT2D eigenvalue weighted by Gasteiger charge is -2.34. The third-order valence-electron chi connectivity index (χ3n) is 5.12. The Morgan fingerprint density at radius 3 is 2.73 bits per heavy atom. The van der Waals surface area contributed by atoms with Crippen LogP contribution in [-0.4, -0.2) is 60.6 Å². The molecule has 1 aromatic rings. The summed E-state index contributed by atoms with van der Waals surface area (Å²) in [6.45, 7) is 5.38. The molecule has 2 aliphatic rings. The molecule has 6 heteroatoms. The fraction of sp³-hybridized carbons (Fsp3) is 0.600. The number of aryl methyl sites for hydroxylation is 1. The van der Waals surface area contributed by atoms with Crippen LogP contribution in [0.3, 0.4) is 0 Å². The minimum Gasteiger partial charge on any atom is -0.378 e. The molecule has 6 nitrogen and oxygen atoms in total. The van der Waals surface area contributed by atoms with Gasteiger partial charge in [0.25, 0.3) is 0 Å². The van der Waals surface area contributed by atoms with E-state index in [1.165, 1.54) is 12.0 Å². The number of rotatable bonds is 5. The number of carbonyl (C=O) groups excluding carboxylic acids is 2. The molecule has 1 unspecified atom stereocenters. The van der Waals surface area contributed by atoms with E-state index in [0.717, 1.165) is 31.4 Å². The van der Waals surface area contributed by atoms with E-state index in [0.29, 0.717) is 26.2 Å². The molecular weight excluding hydrogens is 330 g/mol. The van der Waals surface area contributed by atoms with Crippen LogP contribution in [0.1, 0.15) is 36.8 Å². The molecule has 0 radical (unpaired) electrons. The maximum atomic E-state index is 12.4. The molecule has 0 spiro atoms. The molecule has 26 heavy (non-hydrogen) atoms. The number of hydrogen-bond donors (Lipinski definition) is 1. The highest BCUT2D eigenvalue weighted by Crippen LogP contribution is 2.15. The molecule has 3 amide bonds. The van der Waals surface area contributed by atoms with Crippen molar-refractivity contribution in [1.82, 2.24) is 15.1 Å². The molecule has 0 aliphatic carbocycles. The average molecular weight is 359 g/mol. The molecule has 2 saturated heterocycles. The second-order valence-electron chi connectivity index (χ2n) is 7.23. The second-order valence-corrected chi connectivity index (χ2v) is 7.23. The number of piperazine rings is 1. The van der Waals surface area contributed by atoms with Crippen molar-refractivity contribution in [1.29, 1.82) is 0 Å². The van der Waals surface area contributed by atoms with Crippen LogP contribution in [-0.2, 0) is 16.1 Å². The van der Waals surface area contributed by atoms with Gasteiger partial charge < -0.3 is 19.9 Å². The smallest absolute Gasteiger partial charge is 0.317 e. The lowest BCUT2D eigenvalue weighted by Crippen LogP contribution is -2.54. The monoisotopic (exact) mass is 359 g/mol. The van der Waals surface area contributed by atoms with Crippen molar-refractivity contribution >= 4 is 11.9 Å². The molecule has 2 heterocycles. The highest BCUT2D eigenvalue weighted by atomic mass is 16.5. The van der Waals surface area contributed by atoms with Crippen LogP contribution >= 0.6 is 0 Å². The molecule has 142 valence electrons. The Bertz CT molecular complexity index is 611. The summed E-state index contributed by atoms with van der Waals surface area (Å²) in [5, 5.41) is 2.93. The van der Waals surface area contributed by atoms with Crippen LogP contribution in [0, 0.1) is 6.92 Å². The van der Waals surface area contributed by atoms with Crippen LogP contribution in [0.4, 0.5) is 4.79 Å². The van der Waals surface area contributed by atoms with Crippen LogP contribution in [0.2, 0.25) is 0 Å². The standard InChI is InChI=1S/C20H29N3O3/c1-16-5-7-17(8-6-16)14-22-11-12-23(15-19(22)24)20(25)21-10-9-18-4-2-3-13-26-18/h5-8,18H,2-4,9-15H2,1H3,(H,21,25). The predicted molar refractivity (Wildman–Crippen MR) is 99.8 cm³/mol. The van der Waals surface area contributed by atoms with Gasteiger partial charge in [0.15, 0.2) is 0 Å². The summed E-state index contributed by atoms with van der Waals surface area (Å²) in [7, 11) is 0. The van der Waals surface area contributed by atoms with Gasteiger partial charge >= 0.3 is 6.03 Å². The van der Waals surface area contributed by atoms with Gasteiger partial charge in [-0.1, -0.05) is 29.8 Å². The molecule has 2 fully saturated rings. The van der Waals surface area contributed by atoms with Gasteiger partial charge in [-0.3, -0.25) is 4.79 Å². The first-order valence-electron chi connectivity index (χ1n) is 9.59. The normalized spacial score (nSPS) is 21.0. The molecule has 0 saturated carbocycles. The number of nitrogens with one attached hydrogen (secondary N) is 1. The zero-order valence-corrected chi connectivity index (χ0v) is 15.6. The first kappa shape index (κ1) is 18.7. The number of hydrogen-bond acceptors (Lipinski definition) is 3. The van der Waals surface area contributed by atoms with E-state index < -0.39 is 0 Å². The van der Waals surface area contributed by atoms with Crippen LogP contribution in [0.5, 0.6) is 0 Å². The number of urea groups is 1. The Labute approximate surface area is 155 Å². The maximum absolute atomic E-state index is 12.4. The minimum atomic E-state index is -0.149. The van der Waals surface area contributed by atoms with Crippen molar-refractivity contribution in [3.8, 4) is 0 Å². The van der Waals surface area contributed by atoms with Gasteiger partial charge in [0.2, 0.25) is 5.91 Å². The van der Waals surface area contributed by atoms with Gasteiger partial charge in [-0.25, -0.2) is 4.79 Å². The lowest BCUT2D eigenvalue weighted by molar-refractivity contribution is -0.135. The summed E-state index contributed by atoms with van der Waals surface area (Å²) >= 11 is 0. The maximum Gasteiger partial charge on any atom is 0.317 e. The summed E-state index contributed by atoms with van der Waals surface area (Å²) in [5.74, 6) is 0.00240. The van der Waals surface area contributed by atoms with E-state index in [1.807, 2.05) is 11.8 Å². The number of benzene rings is 1. The predicted octanol–water partition coefficient (Wildman–Crippen LogP) is 2.31. The Morgan fingerprint density at radius 2 is 2.04 bits per heavy atom. The highest BCUT2D eigenvalue weighted by Gasteiger charge is 2.27. The van der Waals surface area contributed by atoms with Crippen molar-refractivity contribution in [3.63, 3.8) is 0 Å². The molecule has 1 N–H and O–H groups in total. The Hall–Kier alpha value is -2.08. The minimum absolute atomic E-state index is 0.00240. The number of nitrogens with zero attached hydrogens (tertiary/aromatic N) is 2. The van der Waals surface area contributed by atoms with Gasteiger partial charge in [0.1, 0.15) is 6.54 Å². The van der Waals surface area contributed by atoms with Gasteiger partial charge in [-0.2, -0.15) is 0 Å². The van der Waals surface area contributed by atoms with Gasteiger partial charge in [0, 0.05) is 32.8 Å². The molecule has 3 rings (SSSR count). The van der Waals surface area contributed by atoms with E-state index in [1.54, 1.807) is 4.90 Å². The van der Waals surface area contributed by atoms with Crippen molar-refractivity contribution in [2.24, 2.45) is 0 Å². The SMILES string of the molecule is Cc1ccc(CN2CCN(C(=O)NCCC3CCCCO3)CC2=O)cc1. The number of ether oxygens (including phenoxy) is 1. The Morgan fingerprint density at radius 1 is 1.23 bits per heavy atom. The fourth-order valence-corrected chi connectivity index (χ4v) is 3.45. The topological polar surface area (TPSA) is 61.9 Å². The zero-order valence-electron chi connectivity index (χ0n) is 15.6. The van der Waals surface area contributed by atoms with Gasteiger partial charge in [-0.15, -0.1) is 0 Å². The molecule has 1 atom stereocenters. The van der Waals surface area contributed by atoms with Gasteiger partial charge in [0.05, 0.1) is 6.10 Å². The summed E-state index contributed by atoms with van der Waals surface area (Å²) in [6, 6.07) is 8.06. The summed E-state index contributed by atoms with van der Waals surface area (Å²) in [4.78, 5) is 28.1. The Kier molecular flexibility index (Phi) is 6.50. The highest BCUT2D eigenvalue weighted by molar-refractivity contribution is 5.85. The van der Waals surface area contributed by atoms with Crippen molar-refractivity contribution in [2.45, 2.75) is 45.3 Å². The van der Waals surface area contributed by atoms with E-state index >= 15 is 0 Å². The largest absolute Gasteiger partial charge is 0.378 e. The van der Waals surface area contributed by atoms with Crippen LogP contribution in [0.25, 0.3) is 0 Å². The van der Waals surface area contributed by atoms with Crippen LogP contribution < -0.4 is 5.32 Å². The third kappa shape index (κ3) is 5.21. The number of carbonyl (C=O) groups is 2. The van der Waals surface area contributed by atoms with Crippen molar-refractivity contribution < 1.29 is 14.3 Å². The molecule has 0 aromatic heterocycles. The molecule has 0 bridgehead atoms. The molecular formula is C20H29N3O3. The van der Waals surface area contributed by atoms with E-state index in [4.69, 9.17) is 4.74 Å². The average Bonchev–Trinajstić information content (AvgIpc) is 2.66. The van der Waals surface area contributed by atoms with E-state index in [2.05, 4.69) is 29.6 Å². The molecule has 2 aliphatic heterocycles. The summed E-state index contributed by atoms with van der Waals surface area (Å²) < 4.78 is 5.67. The van der Waals surface area contributed by atoms with Gasteiger partial charge in [-0.05, 0) is 38.2 Å². The Balaban J connectivity index is 1.40. The molecule has 1 aromatic carbocycles.